The number of nitrogens with two attached hydrogens (primary N) is 1. The third-order valence-electron chi connectivity index (χ3n) is 6.12. The van der Waals surface area contributed by atoms with E-state index < -0.39 is 22.6 Å². The molecule has 0 radical (unpaired) electrons. The summed E-state index contributed by atoms with van der Waals surface area (Å²) in [7, 11) is 0. The standard InChI is InChI=1S/C26H22F2N4O2/c1-25(2,12-29)14-33-16-9-19-23(20(27)10-16)34-21-6-5-15(17-4-3-7-31-24(17)28)8-18(21)26(19)11-22(30)32-13-26/h3-11,32H,13-14,30H2,1-2H3/t26-/m0/s1. The maximum Gasteiger partial charge on any atom is 0.220 e. The van der Waals surface area contributed by atoms with Crippen LogP contribution in [0.2, 0.25) is 0 Å². The molecule has 1 aromatic heterocycles. The summed E-state index contributed by atoms with van der Waals surface area (Å²) in [5.74, 6) is 0.0657. The Hall–Kier alpha value is -4.12. The highest BCUT2D eigenvalue weighted by molar-refractivity contribution is 5.71. The van der Waals surface area contributed by atoms with Gasteiger partial charge in [0.1, 0.15) is 18.1 Å². The highest BCUT2D eigenvalue weighted by Crippen LogP contribution is 2.53. The maximum atomic E-state index is 15.3. The SMILES string of the molecule is CC(C)(C#N)COc1cc(F)c2c(c1)[C@]1(C=C(N)NC1)c1cc(-c3cccnc3F)ccc1O2. The van der Waals surface area contributed by atoms with Gasteiger partial charge in [-0.05, 0) is 55.8 Å². The van der Waals surface area contributed by atoms with Crippen LogP contribution in [0.3, 0.4) is 0 Å². The van der Waals surface area contributed by atoms with Gasteiger partial charge in [-0.25, -0.2) is 9.37 Å². The highest BCUT2D eigenvalue weighted by Gasteiger charge is 2.45. The van der Waals surface area contributed by atoms with Crippen molar-refractivity contribution >= 4 is 0 Å². The molecule has 34 heavy (non-hydrogen) atoms. The van der Waals surface area contributed by atoms with Crippen molar-refractivity contribution in [2.75, 3.05) is 13.2 Å². The Kier molecular flexibility index (Phi) is 4.94. The Bertz CT molecular complexity index is 1380. The van der Waals surface area contributed by atoms with Crippen molar-refractivity contribution in [1.82, 2.24) is 10.3 Å². The Morgan fingerprint density at radius 3 is 2.76 bits per heavy atom. The predicted molar refractivity (Wildman–Crippen MR) is 122 cm³/mol. The van der Waals surface area contributed by atoms with Crippen molar-refractivity contribution in [3.63, 3.8) is 0 Å². The zero-order valence-corrected chi connectivity index (χ0v) is 18.7. The normalized spacial score (nSPS) is 18.3. The van der Waals surface area contributed by atoms with Gasteiger partial charge in [0.25, 0.3) is 0 Å². The average Bonchev–Trinajstić information content (AvgIpc) is 3.21. The summed E-state index contributed by atoms with van der Waals surface area (Å²) in [6.07, 6.45) is 3.21. The molecule has 3 aromatic rings. The molecular formula is C26H22F2N4O2. The minimum atomic E-state index is -0.868. The molecule has 5 rings (SSSR count). The van der Waals surface area contributed by atoms with Crippen LogP contribution in [0, 0.1) is 28.5 Å². The Balaban J connectivity index is 1.66. The Labute approximate surface area is 195 Å². The van der Waals surface area contributed by atoms with Crippen molar-refractivity contribution in [2.24, 2.45) is 11.1 Å². The fraction of sp³-hybridized carbons (Fsp3) is 0.231. The van der Waals surface area contributed by atoms with Gasteiger partial charge in [0, 0.05) is 35.5 Å². The molecule has 0 aliphatic carbocycles. The predicted octanol–water partition coefficient (Wildman–Crippen LogP) is 4.75. The van der Waals surface area contributed by atoms with E-state index in [1.807, 2.05) is 12.1 Å². The van der Waals surface area contributed by atoms with E-state index in [1.165, 1.54) is 12.3 Å². The van der Waals surface area contributed by atoms with Gasteiger partial charge in [0.2, 0.25) is 5.95 Å². The molecule has 6 nitrogen and oxygen atoms in total. The van der Waals surface area contributed by atoms with Gasteiger partial charge in [-0.3, -0.25) is 0 Å². The lowest BCUT2D eigenvalue weighted by Crippen LogP contribution is -2.34. The second-order valence-electron chi connectivity index (χ2n) is 9.15. The van der Waals surface area contributed by atoms with Crippen LogP contribution >= 0.6 is 0 Å². The number of benzene rings is 2. The fourth-order valence-electron chi connectivity index (χ4n) is 4.33. The van der Waals surface area contributed by atoms with Crippen molar-refractivity contribution in [2.45, 2.75) is 19.3 Å². The topological polar surface area (TPSA) is 93.2 Å². The molecule has 3 N–H and O–H groups in total. The molecule has 0 bridgehead atoms. The van der Waals surface area contributed by atoms with Crippen LogP contribution in [0.25, 0.3) is 11.1 Å². The van der Waals surface area contributed by atoms with E-state index in [2.05, 4.69) is 16.4 Å². The fourth-order valence-corrected chi connectivity index (χ4v) is 4.33. The molecule has 0 fully saturated rings. The molecular weight excluding hydrogens is 438 g/mol. The summed E-state index contributed by atoms with van der Waals surface area (Å²) < 4.78 is 41.4. The van der Waals surface area contributed by atoms with Gasteiger partial charge in [0.15, 0.2) is 11.6 Å². The number of fused-ring (bicyclic) bond motifs is 4. The van der Waals surface area contributed by atoms with Crippen LogP contribution in [0.5, 0.6) is 17.2 Å². The smallest absolute Gasteiger partial charge is 0.220 e. The van der Waals surface area contributed by atoms with E-state index in [9.17, 15) is 9.65 Å². The summed E-state index contributed by atoms with van der Waals surface area (Å²) >= 11 is 0. The average molecular weight is 460 g/mol. The molecule has 3 heterocycles. The molecule has 172 valence electrons. The quantitative estimate of drug-likeness (QED) is 0.546. The molecule has 2 aromatic carbocycles. The third-order valence-corrected chi connectivity index (χ3v) is 6.12. The first-order valence-corrected chi connectivity index (χ1v) is 10.8. The first-order chi connectivity index (χ1) is 16.2. The Morgan fingerprint density at radius 1 is 1.24 bits per heavy atom. The minimum Gasteiger partial charge on any atom is -0.492 e. The van der Waals surface area contributed by atoms with Crippen molar-refractivity contribution in [3.05, 3.63) is 83.5 Å². The third kappa shape index (κ3) is 3.50. The van der Waals surface area contributed by atoms with Gasteiger partial charge in [-0.1, -0.05) is 6.07 Å². The second-order valence-corrected chi connectivity index (χ2v) is 9.15. The molecule has 8 heteroatoms. The van der Waals surface area contributed by atoms with Crippen molar-refractivity contribution in [3.8, 4) is 34.4 Å². The van der Waals surface area contributed by atoms with Crippen molar-refractivity contribution in [1.29, 1.82) is 5.26 Å². The zero-order chi connectivity index (χ0) is 24.1. The highest BCUT2D eigenvalue weighted by atomic mass is 19.1. The summed E-state index contributed by atoms with van der Waals surface area (Å²) in [6.45, 7) is 3.93. The first kappa shape index (κ1) is 21.7. The van der Waals surface area contributed by atoms with Crippen LogP contribution < -0.4 is 20.5 Å². The van der Waals surface area contributed by atoms with Crippen LogP contribution in [-0.2, 0) is 5.41 Å². The number of rotatable bonds is 4. The summed E-state index contributed by atoms with van der Waals surface area (Å²) in [5, 5.41) is 12.4. The van der Waals surface area contributed by atoms with Crippen LogP contribution in [0.4, 0.5) is 8.78 Å². The summed E-state index contributed by atoms with van der Waals surface area (Å²) in [6, 6.07) is 13.7. The second kappa shape index (κ2) is 7.73. The monoisotopic (exact) mass is 460 g/mol. The van der Waals surface area contributed by atoms with E-state index in [-0.39, 0.29) is 18.1 Å². The van der Waals surface area contributed by atoms with Gasteiger partial charge in [-0.15, -0.1) is 0 Å². The first-order valence-electron chi connectivity index (χ1n) is 10.8. The lowest BCUT2D eigenvalue weighted by molar-refractivity contribution is 0.225. The van der Waals surface area contributed by atoms with Crippen LogP contribution in [0.15, 0.2) is 60.6 Å². The molecule has 0 saturated heterocycles. The number of ether oxygens (including phenoxy) is 2. The van der Waals surface area contributed by atoms with Crippen LogP contribution in [-0.4, -0.2) is 18.1 Å². The number of nitrogens with zero attached hydrogens (tertiary/aromatic N) is 2. The van der Waals surface area contributed by atoms with E-state index >= 15 is 4.39 Å². The number of hydrogen-bond donors (Lipinski definition) is 2. The van der Waals surface area contributed by atoms with E-state index in [0.29, 0.717) is 40.4 Å². The molecule has 0 unspecified atom stereocenters. The maximum absolute atomic E-state index is 15.3. The number of aromatic nitrogens is 1. The van der Waals surface area contributed by atoms with Gasteiger partial charge >= 0.3 is 0 Å². The number of nitriles is 1. The van der Waals surface area contributed by atoms with Crippen molar-refractivity contribution < 1.29 is 18.3 Å². The van der Waals surface area contributed by atoms with Gasteiger partial charge in [-0.2, -0.15) is 9.65 Å². The Morgan fingerprint density at radius 2 is 2.06 bits per heavy atom. The molecule has 2 aliphatic heterocycles. The molecule has 2 aliphatic rings. The lowest BCUT2D eigenvalue weighted by Gasteiger charge is -2.36. The van der Waals surface area contributed by atoms with E-state index in [1.54, 1.807) is 44.2 Å². The number of halogens is 2. The van der Waals surface area contributed by atoms with E-state index in [0.717, 1.165) is 0 Å². The molecule has 0 saturated carbocycles. The number of pyridine rings is 1. The molecule has 1 atom stereocenters. The van der Waals surface area contributed by atoms with E-state index in [4.69, 9.17) is 15.2 Å². The summed E-state index contributed by atoms with van der Waals surface area (Å²) in [5.41, 5.74) is 6.70. The largest absolute Gasteiger partial charge is 0.492 e. The number of nitrogens with one attached hydrogen (secondary N) is 1. The molecule has 1 spiro atoms. The van der Waals surface area contributed by atoms with Gasteiger partial charge in [0.05, 0.1) is 22.7 Å². The zero-order valence-electron chi connectivity index (χ0n) is 18.7. The summed E-state index contributed by atoms with van der Waals surface area (Å²) in [4.78, 5) is 3.74. The molecule has 0 amide bonds. The minimum absolute atomic E-state index is 0.0763. The van der Waals surface area contributed by atoms with Crippen LogP contribution in [0.1, 0.15) is 25.0 Å². The number of hydrogen-bond acceptors (Lipinski definition) is 6. The lowest BCUT2D eigenvalue weighted by atomic mass is 9.72. The van der Waals surface area contributed by atoms with Gasteiger partial charge < -0.3 is 20.5 Å².